The Hall–Kier alpha value is -2.61. The SMILES string of the molecule is CC(C)NC(=O)Nc1ccc(CNc2ccc(S(=O)(=O)C(C)(C)C)nc2)cc1. The molecule has 3 N–H and O–H groups in total. The molecule has 28 heavy (non-hydrogen) atoms. The van der Waals surface area contributed by atoms with E-state index in [9.17, 15) is 13.2 Å². The van der Waals surface area contributed by atoms with Crippen LogP contribution in [0.25, 0.3) is 0 Å². The van der Waals surface area contributed by atoms with Crippen LogP contribution in [0.4, 0.5) is 16.2 Å². The molecule has 2 aromatic rings. The van der Waals surface area contributed by atoms with Crippen molar-refractivity contribution in [2.75, 3.05) is 10.6 Å². The van der Waals surface area contributed by atoms with Gasteiger partial charge in [-0.25, -0.2) is 18.2 Å². The van der Waals surface area contributed by atoms with E-state index in [1.807, 2.05) is 38.1 Å². The summed E-state index contributed by atoms with van der Waals surface area (Å²) in [5, 5.41) is 8.81. The molecule has 0 saturated heterocycles. The molecule has 0 radical (unpaired) electrons. The Morgan fingerprint density at radius 2 is 1.64 bits per heavy atom. The first-order valence-corrected chi connectivity index (χ1v) is 10.6. The highest BCUT2D eigenvalue weighted by molar-refractivity contribution is 7.92. The molecule has 1 aromatic heterocycles. The number of carbonyl (C=O) groups excluding carboxylic acids is 1. The third-order valence-electron chi connectivity index (χ3n) is 3.95. The Labute approximate surface area is 166 Å². The molecule has 0 unspecified atom stereocenters. The number of urea groups is 1. The van der Waals surface area contributed by atoms with Crippen molar-refractivity contribution < 1.29 is 13.2 Å². The molecule has 0 aliphatic carbocycles. The quantitative estimate of drug-likeness (QED) is 0.680. The summed E-state index contributed by atoms with van der Waals surface area (Å²) >= 11 is 0. The molecule has 1 heterocycles. The van der Waals surface area contributed by atoms with Gasteiger partial charge in [0.15, 0.2) is 14.9 Å². The summed E-state index contributed by atoms with van der Waals surface area (Å²) < 4.78 is 23.9. The van der Waals surface area contributed by atoms with Gasteiger partial charge in [-0.2, -0.15) is 0 Å². The van der Waals surface area contributed by atoms with Gasteiger partial charge in [0.2, 0.25) is 0 Å². The van der Waals surface area contributed by atoms with Crippen molar-refractivity contribution in [1.82, 2.24) is 10.3 Å². The Balaban J connectivity index is 1.95. The third kappa shape index (κ3) is 5.69. The Kier molecular flexibility index (Phi) is 6.66. The highest BCUT2D eigenvalue weighted by Crippen LogP contribution is 2.24. The lowest BCUT2D eigenvalue weighted by atomic mass is 10.2. The van der Waals surface area contributed by atoms with Gasteiger partial charge >= 0.3 is 6.03 Å². The minimum Gasteiger partial charge on any atom is -0.380 e. The van der Waals surface area contributed by atoms with Crippen LogP contribution in [0.5, 0.6) is 0 Å². The zero-order chi connectivity index (χ0) is 20.9. The van der Waals surface area contributed by atoms with E-state index in [2.05, 4.69) is 20.9 Å². The van der Waals surface area contributed by atoms with Gasteiger partial charge in [-0.05, 0) is 64.4 Å². The predicted octanol–water partition coefficient (Wildman–Crippen LogP) is 3.80. The summed E-state index contributed by atoms with van der Waals surface area (Å²) in [6, 6.07) is 10.5. The number of amides is 2. The molecule has 0 spiro atoms. The van der Waals surface area contributed by atoms with E-state index in [0.29, 0.717) is 12.2 Å². The molecule has 0 fully saturated rings. The molecule has 7 nitrogen and oxygen atoms in total. The molecule has 152 valence electrons. The van der Waals surface area contributed by atoms with Gasteiger partial charge in [0.25, 0.3) is 0 Å². The monoisotopic (exact) mass is 404 g/mol. The minimum atomic E-state index is -3.46. The second kappa shape index (κ2) is 8.60. The number of anilines is 2. The molecular weight excluding hydrogens is 376 g/mol. The smallest absolute Gasteiger partial charge is 0.319 e. The maximum absolute atomic E-state index is 12.4. The van der Waals surface area contributed by atoms with Crippen LogP contribution in [0.15, 0.2) is 47.6 Å². The molecule has 0 aliphatic rings. The van der Waals surface area contributed by atoms with E-state index in [0.717, 1.165) is 11.3 Å². The van der Waals surface area contributed by atoms with Gasteiger partial charge in [0.1, 0.15) is 0 Å². The molecule has 0 atom stereocenters. The molecule has 8 heteroatoms. The van der Waals surface area contributed by atoms with Crippen LogP contribution < -0.4 is 16.0 Å². The van der Waals surface area contributed by atoms with E-state index in [1.54, 1.807) is 26.8 Å². The van der Waals surface area contributed by atoms with Crippen LogP contribution in [-0.2, 0) is 16.4 Å². The molecule has 0 aliphatic heterocycles. The Bertz CT molecular complexity index is 900. The zero-order valence-electron chi connectivity index (χ0n) is 16.9. The van der Waals surface area contributed by atoms with Crippen LogP contribution in [0, 0.1) is 0 Å². The van der Waals surface area contributed by atoms with Crippen molar-refractivity contribution in [1.29, 1.82) is 0 Å². The molecule has 2 amide bonds. The van der Waals surface area contributed by atoms with Gasteiger partial charge in [-0.3, -0.25) is 0 Å². The number of nitrogens with zero attached hydrogens (tertiary/aromatic N) is 1. The average molecular weight is 405 g/mol. The van der Waals surface area contributed by atoms with E-state index >= 15 is 0 Å². The zero-order valence-corrected chi connectivity index (χ0v) is 17.7. The van der Waals surface area contributed by atoms with E-state index in [-0.39, 0.29) is 17.1 Å². The van der Waals surface area contributed by atoms with E-state index < -0.39 is 14.6 Å². The van der Waals surface area contributed by atoms with Crippen molar-refractivity contribution in [2.24, 2.45) is 0 Å². The number of carbonyl (C=O) groups is 1. The van der Waals surface area contributed by atoms with Crippen molar-refractivity contribution in [3.8, 4) is 0 Å². The van der Waals surface area contributed by atoms with Crippen LogP contribution in [0.3, 0.4) is 0 Å². The fourth-order valence-electron chi connectivity index (χ4n) is 2.30. The van der Waals surface area contributed by atoms with Crippen LogP contribution in [0.1, 0.15) is 40.2 Å². The number of aromatic nitrogens is 1. The lowest BCUT2D eigenvalue weighted by molar-refractivity contribution is 0.250. The largest absolute Gasteiger partial charge is 0.380 e. The first kappa shape index (κ1) is 21.7. The number of nitrogens with one attached hydrogen (secondary N) is 3. The lowest BCUT2D eigenvalue weighted by Crippen LogP contribution is -2.34. The number of hydrogen-bond donors (Lipinski definition) is 3. The number of benzene rings is 1. The molecule has 1 aromatic carbocycles. The standard InChI is InChI=1S/C20H28N4O3S/c1-14(2)23-19(25)24-16-8-6-15(7-9-16)12-21-17-10-11-18(22-13-17)28(26,27)20(3,4)5/h6-11,13-14,21H,12H2,1-5H3,(H2,23,24,25). The topological polar surface area (TPSA) is 100 Å². The Morgan fingerprint density at radius 3 is 2.14 bits per heavy atom. The summed E-state index contributed by atoms with van der Waals surface area (Å²) in [7, 11) is -3.46. The first-order valence-electron chi connectivity index (χ1n) is 9.10. The van der Waals surface area contributed by atoms with Crippen LogP contribution >= 0.6 is 0 Å². The van der Waals surface area contributed by atoms with Crippen molar-refractivity contribution in [2.45, 2.75) is 57.0 Å². The summed E-state index contributed by atoms with van der Waals surface area (Å²) in [4.78, 5) is 15.8. The molecule has 0 bridgehead atoms. The highest BCUT2D eigenvalue weighted by Gasteiger charge is 2.31. The first-order chi connectivity index (χ1) is 13.0. The van der Waals surface area contributed by atoms with Crippen molar-refractivity contribution in [3.63, 3.8) is 0 Å². The maximum Gasteiger partial charge on any atom is 0.319 e. The van der Waals surface area contributed by atoms with Gasteiger partial charge in [-0.1, -0.05) is 12.1 Å². The second-order valence-corrected chi connectivity index (χ2v) is 10.5. The van der Waals surface area contributed by atoms with Gasteiger partial charge in [-0.15, -0.1) is 0 Å². The maximum atomic E-state index is 12.4. The Morgan fingerprint density at radius 1 is 1.04 bits per heavy atom. The summed E-state index contributed by atoms with van der Waals surface area (Å²) in [6.07, 6.45) is 1.52. The number of rotatable bonds is 6. The fourth-order valence-corrected chi connectivity index (χ4v) is 3.36. The molecule has 2 rings (SSSR count). The van der Waals surface area contributed by atoms with Gasteiger partial charge in [0.05, 0.1) is 16.6 Å². The minimum absolute atomic E-state index is 0.0700. The molecular formula is C20H28N4O3S. The summed E-state index contributed by atoms with van der Waals surface area (Å²) in [5.41, 5.74) is 2.45. The predicted molar refractivity (Wildman–Crippen MR) is 112 cm³/mol. The fraction of sp³-hybridized carbons (Fsp3) is 0.400. The lowest BCUT2D eigenvalue weighted by Gasteiger charge is -2.18. The third-order valence-corrected chi connectivity index (χ3v) is 6.35. The van der Waals surface area contributed by atoms with Crippen molar-refractivity contribution >= 4 is 27.2 Å². The van der Waals surface area contributed by atoms with Crippen LogP contribution in [-0.4, -0.2) is 30.2 Å². The van der Waals surface area contributed by atoms with Gasteiger partial charge < -0.3 is 16.0 Å². The van der Waals surface area contributed by atoms with Crippen molar-refractivity contribution in [3.05, 3.63) is 48.2 Å². The van der Waals surface area contributed by atoms with Gasteiger partial charge in [0, 0.05) is 18.3 Å². The highest BCUT2D eigenvalue weighted by atomic mass is 32.2. The second-order valence-electron chi connectivity index (χ2n) is 7.80. The number of sulfone groups is 1. The summed E-state index contributed by atoms with van der Waals surface area (Å²) in [5.74, 6) is 0. The normalized spacial score (nSPS) is 11.9. The number of pyridine rings is 1. The van der Waals surface area contributed by atoms with Crippen LogP contribution in [0.2, 0.25) is 0 Å². The molecule has 0 saturated carbocycles. The summed E-state index contributed by atoms with van der Waals surface area (Å²) in [6.45, 7) is 9.30. The van der Waals surface area contributed by atoms with E-state index in [4.69, 9.17) is 0 Å². The average Bonchev–Trinajstić information content (AvgIpc) is 2.60. The number of hydrogen-bond acceptors (Lipinski definition) is 5. The van der Waals surface area contributed by atoms with E-state index in [1.165, 1.54) is 12.3 Å².